The number of nitrogens with zero attached hydrogens (tertiary/aromatic N) is 1. The Balaban J connectivity index is 0.00000208. The molecule has 1 aromatic carbocycles. The fraction of sp³-hybridized carbons (Fsp3) is 0.588. The number of hydrogen-bond donors (Lipinski definition) is 1. The molecule has 7 heteroatoms. The summed E-state index contributed by atoms with van der Waals surface area (Å²) in [5.74, 6) is 1.49. The summed E-state index contributed by atoms with van der Waals surface area (Å²) in [6.45, 7) is 2.77. The summed E-state index contributed by atoms with van der Waals surface area (Å²) in [7, 11) is 0. The molecule has 1 aliphatic carbocycles. The van der Waals surface area contributed by atoms with Crippen molar-refractivity contribution in [1.82, 2.24) is 10.2 Å². The van der Waals surface area contributed by atoms with E-state index in [0.29, 0.717) is 21.8 Å². The molecule has 0 spiro atoms. The number of rotatable bonds is 6. The maximum absolute atomic E-state index is 12.2. The molecule has 3 rings (SSSR count). The van der Waals surface area contributed by atoms with Crippen molar-refractivity contribution < 1.29 is 9.53 Å². The number of amides is 1. The molecule has 1 saturated carbocycles. The smallest absolute Gasteiger partial charge is 0.260 e. The SMILES string of the molecule is Cl.O=C(COc1ccc(Cl)c(Cl)c1)N1CCC(NCC2CC2)CC1. The molecule has 0 radical (unpaired) electrons. The van der Waals surface area contributed by atoms with Gasteiger partial charge in [0.25, 0.3) is 5.91 Å². The van der Waals surface area contributed by atoms with E-state index in [1.54, 1.807) is 18.2 Å². The molecule has 0 bridgehead atoms. The highest BCUT2D eigenvalue weighted by Gasteiger charge is 2.26. The van der Waals surface area contributed by atoms with Crippen LogP contribution in [0.3, 0.4) is 0 Å². The van der Waals surface area contributed by atoms with Crippen LogP contribution in [0.25, 0.3) is 0 Å². The highest BCUT2D eigenvalue weighted by atomic mass is 35.5. The number of likely N-dealkylation sites (tertiary alicyclic amines) is 1. The van der Waals surface area contributed by atoms with Gasteiger partial charge in [-0.25, -0.2) is 0 Å². The molecule has 0 atom stereocenters. The van der Waals surface area contributed by atoms with Crippen molar-refractivity contribution in [3.05, 3.63) is 28.2 Å². The minimum atomic E-state index is 0. The van der Waals surface area contributed by atoms with E-state index in [9.17, 15) is 4.79 Å². The predicted molar refractivity (Wildman–Crippen MR) is 99.5 cm³/mol. The van der Waals surface area contributed by atoms with Crippen LogP contribution in [-0.2, 0) is 4.79 Å². The van der Waals surface area contributed by atoms with Gasteiger partial charge in [0.2, 0.25) is 0 Å². The van der Waals surface area contributed by atoms with Crippen LogP contribution in [0.5, 0.6) is 5.75 Å². The van der Waals surface area contributed by atoms with E-state index < -0.39 is 0 Å². The average molecular weight is 394 g/mol. The quantitative estimate of drug-likeness (QED) is 0.799. The molecule has 1 aromatic rings. The molecule has 1 aliphatic heterocycles. The Kier molecular flexibility index (Phi) is 7.48. The number of hydrogen-bond acceptors (Lipinski definition) is 3. The molecule has 1 N–H and O–H groups in total. The Morgan fingerprint density at radius 1 is 1.17 bits per heavy atom. The van der Waals surface area contributed by atoms with Crippen LogP contribution in [0.1, 0.15) is 25.7 Å². The zero-order valence-corrected chi connectivity index (χ0v) is 15.8. The van der Waals surface area contributed by atoms with Gasteiger partial charge in [-0.1, -0.05) is 23.2 Å². The first kappa shape index (κ1) is 19.6. The van der Waals surface area contributed by atoms with Crippen LogP contribution in [0.4, 0.5) is 0 Å². The molecule has 1 saturated heterocycles. The molecular formula is C17H23Cl3N2O2. The van der Waals surface area contributed by atoms with E-state index in [0.717, 1.165) is 38.4 Å². The van der Waals surface area contributed by atoms with E-state index >= 15 is 0 Å². The zero-order chi connectivity index (χ0) is 16.2. The Labute approximate surface area is 159 Å². The molecule has 4 nitrogen and oxygen atoms in total. The van der Waals surface area contributed by atoms with Gasteiger partial charge >= 0.3 is 0 Å². The van der Waals surface area contributed by atoms with Gasteiger partial charge in [0.05, 0.1) is 10.0 Å². The summed E-state index contributed by atoms with van der Waals surface area (Å²) in [6, 6.07) is 5.57. The maximum Gasteiger partial charge on any atom is 0.260 e. The number of halogens is 3. The van der Waals surface area contributed by atoms with E-state index in [4.69, 9.17) is 27.9 Å². The molecule has 2 fully saturated rings. The van der Waals surface area contributed by atoms with Crippen molar-refractivity contribution >= 4 is 41.5 Å². The molecule has 2 aliphatic rings. The molecular weight excluding hydrogens is 371 g/mol. The average Bonchev–Trinajstić information content (AvgIpc) is 3.38. The molecule has 134 valence electrons. The first-order valence-electron chi connectivity index (χ1n) is 8.21. The van der Waals surface area contributed by atoms with Crippen molar-refractivity contribution in [2.24, 2.45) is 5.92 Å². The molecule has 1 heterocycles. The summed E-state index contributed by atoms with van der Waals surface area (Å²) in [4.78, 5) is 14.1. The van der Waals surface area contributed by atoms with Crippen LogP contribution in [0.15, 0.2) is 18.2 Å². The first-order chi connectivity index (χ1) is 11.1. The van der Waals surface area contributed by atoms with Crippen molar-refractivity contribution in [2.75, 3.05) is 26.2 Å². The number of carbonyl (C=O) groups excluding carboxylic acids is 1. The second-order valence-electron chi connectivity index (χ2n) is 6.37. The van der Waals surface area contributed by atoms with Gasteiger partial charge in [0.15, 0.2) is 6.61 Å². The van der Waals surface area contributed by atoms with Crippen molar-refractivity contribution in [2.45, 2.75) is 31.7 Å². The third kappa shape index (κ3) is 5.69. The Bertz CT molecular complexity index is 559. The zero-order valence-electron chi connectivity index (χ0n) is 13.5. The van der Waals surface area contributed by atoms with Gasteiger partial charge in [0, 0.05) is 25.2 Å². The molecule has 1 amide bonds. The fourth-order valence-electron chi connectivity index (χ4n) is 2.79. The second-order valence-corrected chi connectivity index (χ2v) is 7.19. The molecule has 0 unspecified atom stereocenters. The summed E-state index contributed by atoms with van der Waals surface area (Å²) < 4.78 is 5.52. The van der Waals surface area contributed by atoms with Gasteiger partial charge in [0.1, 0.15) is 5.75 Å². The normalized spacial score (nSPS) is 18.2. The van der Waals surface area contributed by atoms with Crippen LogP contribution < -0.4 is 10.1 Å². The first-order valence-corrected chi connectivity index (χ1v) is 8.96. The van der Waals surface area contributed by atoms with Crippen LogP contribution in [0, 0.1) is 5.92 Å². The lowest BCUT2D eigenvalue weighted by Gasteiger charge is -2.32. The van der Waals surface area contributed by atoms with Crippen molar-refractivity contribution in [3.8, 4) is 5.75 Å². The van der Waals surface area contributed by atoms with E-state index in [1.807, 2.05) is 4.90 Å². The lowest BCUT2D eigenvalue weighted by molar-refractivity contribution is -0.134. The third-order valence-corrected chi connectivity index (χ3v) is 5.23. The Morgan fingerprint density at radius 3 is 2.50 bits per heavy atom. The van der Waals surface area contributed by atoms with Gasteiger partial charge in [-0.3, -0.25) is 4.79 Å². The van der Waals surface area contributed by atoms with Crippen LogP contribution in [-0.4, -0.2) is 43.1 Å². The minimum Gasteiger partial charge on any atom is -0.484 e. The van der Waals surface area contributed by atoms with Crippen LogP contribution >= 0.6 is 35.6 Å². The number of carbonyl (C=O) groups is 1. The maximum atomic E-state index is 12.2. The van der Waals surface area contributed by atoms with Gasteiger partial charge in [-0.2, -0.15) is 0 Å². The largest absolute Gasteiger partial charge is 0.484 e. The number of benzene rings is 1. The fourth-order valence-corrected chi connectivity index (χ4v) is 3.08. The van der Waals surface area contributed by atoms with Gasteiger partial charge in [-0.05, 0) is 50.3 Å². The van der Waals surface area contributed by atoms with E-state index in [2.05, 4.69) is 5.32 Å². The predicted octanol–water partition coefficient (Wildman–Crippen LogP) is 3.78. The number of ether oxygens (including phenoxy) is 1. The van der Waals surface area contributed by atoms with Crippen molar-refractivity contribution in [1.29, 1.82) is 0 Å². The second kappa shape index (κ2) is 9.14. The summed E-state index contributed by atoms with van der Waals surface area (Å²) in [5.41, 5.74) is 0. The third-order valence-electron chi connectivity index (χ3n) is 4.49. The summed E-state index contributed by atoms with van der Waals surface area (Å²) in [5, 5.41) is 4.52. The number of piperidine rings is 1. The van der Waals surface area contributed by atoms with Crippen LogP contribution in [0.2, 0.25) is 10.0 Å². The topological polar surface area (TPSA) is 41.6 Å². The molecule has 24 heavy (non-hydrogen) atoms. The Hall–Kier alpha value is -0.680. The monoisotopic (exact) mass is 392 g/mol. The number of nitrogens with one attached hydrogen (secondary N) is 1. The lowest BCUT2D eigenvalue weighted by atomic mass is 10.0. The van der Waals surface area contributed by atoms with Gasteiger partial charge in [-0.15, -0.1) is 12.4 Å². The summed E-state index contributed by atoms with van der Waals surface area (Å²) >= 11 is 11.8. The Morgan fingerprint density at radius 2 is 1.88 bits per heavy atom. The minimum absolute atomic E-state index is 0. The van der Waals surface area contributed by atoms with Crippen molar-refractivity contribution in [3.63, 3.8) is 0 Å². The standard InChI is InChI=1S/C17H22Cl2N2O2.ClH/c18-15-4-3-14(9-16(15)19)23-11-17(22)21-7-5-13(6-8-21)20-10-12-1-2-12;/h3-4,9,12-13,20H,1-2,5-8,10-11H2;1H. The lowest BCUT2D eigenvalue weighted by Crippen LogP contribution is -2.46. The summed E-state index contributed by atoms with van der Waals surface area (Å²) in [6.07, 6.45) is 4.78. The molecule has 0 aromatic heterocycles. The van der Waals surface area contributed by atoms with E-state index in [-0.39, 0.29) is 24.9 Å². The van der Waals surface area contributed by atoms with Gasteiger partial charge < -0.3 is 15.0 Å². The highest BCUT2D eigenvalue weighted by Crippen LogP contribution is 2.28. The highest BCUT2D eigenvalue weighted by molar-refractivity contribution is 6.42. The van der Waals surface area contributed by atoms with E-state index in [1.165, 1.54) is 12.8 Å².